The molecule has 4 heteroatoms. The highest BCUT2D eigenvalue weighted by molar-refractivity contribution is 5.93. The summed E-state index contributed by atoms with van der Waals surface area (Å²) < 4.78 is 0. The molecule has 0 spiro atoms. The summed E-state index contributed by atoms with van der Waals surface area (Å²) in [6, 6.07) is 8.85. The van der Waals surface area contributed by atoms with Crippen LogP contribution in [0, 0.1) is 29.1 Å². The molecular formula is C29H35NO3. The van der Waals surface area contributed by atoms with E-state index in [0.717, 1.165) is 32.1 Å². The van der Waals surface area contributed by atoms with E-state index in [1.165, 1.54) is 28.0 Å². The van der Waals surface area contributed by atoms with Gasteiger partial charge in [0.05, 0.1) is 0 Å². The van der Waals surface area contributed by atoms with Crippen LogP contribution >= 0.6 is 0 Å². The van der Waals surface area contributed by atoms with Crippen molar-refractivity contribution in [3.05, 3.63) is 52.6 Å². The molecule has 4 aliphatic carbocycles. The predicted octanol–water partition coefficient (Wildman–Crippen LogP) is 4.38. The number of anilines is 1. The van der Waals surface area contributed by atoms with Gasteiger partial charge in [-0.15, -0.1) is 0 Å². The molecule has 1 aromatic carbocycles. The lowest BCUT2D eigenvalue weighted by Crippen LogP contribution is -2.51. The van der Waals surface area contributed by atoms with Crippen molar-refractivity contribution in [2.24, 2.45) is 17.3 Å². The number of nitrogens with zero attached hydrogens (tertiary/aromatic N) is 1. The number of benzene rings is 1. The third-order valence-corrected chi connectivity index (χ3v) is 9.07. The number of rotatable bonds is 2. The first-order valence-corrected chi connectivity index (χ1v) is 12.3. The van der Waals surface area contributed by atoms with Crippen molar-refractivity contribution in [3.63, 3.8) is 0 Å². The quantitative estimate of drug-likeness (QED) is 0.664. The summed E-state index contributed by atoms with van der Waals surface area (Å²) in [6.07, 6.45) is 7.80. The normalized spacial score (nSPS) is 35.1. The molecule has 33 heavy (non-hydrogen) atoms. The largest absolute Gasteiger partial charge is 0.384 e. The van der Waals surface area contributed by atoms with Gasteiger partial charge in [-0.3, -0.25) is 4.79 Å². The van der Waals surface area contributed by atoms with Crippen molar-refractivity contribution < 1.29 is 15.0 Å². The molecule has 1 aromatic rings. The molecule has 2 saturated carbocycles. The van der Waals surface area contributed by atoms with Crippen LogP contribution in [0.2, 0.25) is 0 Å². The minimum absolute atomic E-state index is 0.208. The SMILES string of the molecule is CN(C)c1ccc([C@H]2C[C@]3(C)[C@@H](CC[C@]3(O)C#CCO)[C@@H]3CCC4=CC(=O)CCC4=C32)cc1. The molecule has 2 N–H and O–H groups in total. The summed E-state index contributed by atoms with van der Waals surface area (Å²) in [6.45, 7) is 2.01. The van der Waals surface area contributed by atoms with Crippen LogP contribution in [0.4, 0.5) is 5.69 Å². The highest BCUT2D eigenvalue weighted by atomic mass is 16.3. The molecule has 0 unspecified atom stereocenters. The standard InChI is InChI=1S/C29H35NO3/c1-28-18-25(19-5-8-21(9-6-19)30(2)3)27-23-12-10-22(32)17-20(23)7-11-24(27)26(28)13-15-29(28,33)14-4-16-31/h5-6,8-9,17,24-26,31,33H,7,10-13,15-16,18H2,1-3H3/t24-,25+,26-,28+,29+/m0/s1. The van der Waals surface area contributed by atoms with Gasteiger partial charge >= 0.3 is 0 Å². The lowest BCUT2D eigenvalue weighted by atomic mass is 9.51. The molecule has 0 saturated heterocycles. The molecule has 5 atom stereocenters. The van der Waals surface area contributed by atoms with E-state index >= 15 is 0 Å². The van der Waals surface area contributed by atoms with Gasteiger partial charge in [-0.2, -0.15) is 0 Å². The zero-order chi connectivity index (χ0) is 23.4. The van der Waals surface area contributed by atoms with Crippen molar-refractivity contribution >= 4 is 11.5 Å². The zero-order valence-corrected chi connectivity index (χ0v) is 20.0. The third kappa shape index (κ3) is 3.49. The number of aliphatic hydroxyl groups is 2. The maximum Gasteiger partial charge on any atom is 0.156 e. The van der Waals surface area contributed by atoms with E-state index in [1.54, 1.807) is 0 Å². The van der Waals surface area contributed by atoms with Crippen LogP contribution in [0.5, 0.6) is 0 Å². The Kier molecular flexibility index (Phi) is 5.54. The monoisotopic (exact) mass is 445 g/mol. The summed E-state index contributed by atoms with van der Waals surface area (Å²) in [5.74, 6) is 7.10. The second kappa shape index (κ2) is 8.15. The topological polar surface area (TPSA) is 60.8 Å². The molecule has 4 aliphatic rings. The highest BCUT2D eigenvalue weighted by Crippen LogP contribution is 2.66. The second-order valence-electron chi connectivity index (χ2n) is 10.8. The number of hydrogen-bond acceptors (Lipinski definition) is 4. The Hall–Kier alpha value is -2.35. The Morgan fingerprint density at radius 2 is 1.88 bits per heavy atom. The summed E-state index contributed by atoms with van der Waals surface area (Å²) in [4.78, 5) is 14.3. The zero-order valence-electron chi connectivity index (χ0n) is 20.0. The molecule has 0 heterocycles. The molecule has 0 amide bonds. The van der Waals surface area contributed by atoms with Crippen LogP contribution < -0.4 is 4.90 Å². The van der Waals surface area contributed by atoms with E-state index in [2.05, 4.69) is 62.0 Å². The van der Waals surface area contributed by atoms with Crippen molar-refractivity contribution in [2.75, 3.05) is 25.6 Å². The molecule has 2 fully saturated rings. The number of fused-ring (bicyclic) bond motifs is 4. The van der Waals surface area contributed by atoms with Crippen LogP contribution in [0.25, 0.3) is 0 Å². The number of ketones is 1. The first-order valence-electron chi connectivity index (χ1n) is 12.3. The first kappa shape index (κ1) is 22.4. The molecular weight excluding hydrogens is 410 g/mol. The molecule has 174 valence electrons. The van der Waals surface area contributed by atoms with E-state index in [4.69, 9.17) is 0 Å². The van der Waals surface area contributed by atoms with Crippen molar-refractivity contribution in [2.45, 2.75) is 63.4 Å². The number of aliphatic hydroxyl groups excluding tert-OH is 1. The second-order valence-corrected chi connectivity index (χ2v) is 10.8. The first-order chi connectivity index (χ1) is 15.8. The number of carbonyl (C=O) groups is 1. The van der Waals surface area contributed by atoms with Crippen LogP contribution in [-0.4, -0.2) is 42.3 Å². The van der Waals surface area contributed by atoms with E-state index in [1.807, 2.05) is 6.08 Å². The Labute approximate surface area is 197 Å². The van der Waals surface area contributed by atoms with Gasteiger partial charge in [0, 0.05) is 37.5 Å². The molecule has 0 radical (unpaired) electrons. The van der Waals surface area contributed by atoms with Crippen molar-refractivity contribution in [3.8, 4) is 11.8 Å². The van der Waals surface area contributed by atoms with Crippen LogP contribution in [0.15, 0.2) is 47.1 Å². The average Bonchev–Trinajstić information content (AvgIpc) is 3.07. The summed E-state index contributed by atoms with van der Waals surface area (Å²) in [5.41, 5.74) is 5.26. The van der Waals surface area contributed by atoms with E-state index < -0.39 is 5.60 Å². The van der Waals surface area contributed by atoms with E-state index in [-0.39, 0.29) is 23.7 Å². The van der Waals surface area contributed by atoms with Gasteiger partial charge < -0.3 is 15.1 Å². The molecule has 0 bridgehead atoms. The Morgan fingerprint density at radius 3 is 2.58 bits per heavy atom. The molecule has 0 aromatic heterocycles. The molecule has 0 aliphatic heterocycles. The fourth-order valence-electron chi connectivity index (χ4n) is 7.36. The fraction of sp³-hybridized carbons (Fsp3) is 0.552. The van der Waals surface area contributed by atoms with Gasteiger partial charge in [-0.25, -0.2) is 0 Å². The lowest BCUT2D eigenvalue weighted by molar-refractivity contribution is -0.114. The summed E-state index contributed by atoms with van der Waals surface area (Å²) in [5, 5.41) is 21.1. The van der Waals surface area contributed by atoms with Crippen LogP contribution in [0.1, 0.15) is 63.4 Å². The van der Waals surface area contributed by atoms with E-state index in [0.29, 0.717) is 24.7 Å². The van der Waals surface area contributed by atoms with Gasteiger partial charge in [0.25, 0.3) is 0 Å². The molecule has 5 rings (SSSR count). The Balaban J connectivity index is 1.66. The smallest absolute Gasteiger partial charge is 0.156 e. The third-order valence-electron chi connectivity index (χ3n) is 9.07. The predicted molar refractivity (Wildman–Crippen MR) is 131 cm³/mol. The Morgan fingerprint density at radius 1 is 1.12 bits per heavy atom. The maximum atomic E-state index is 12.2. The fourth-order valence-corrected chi connectivity index (χ4v) is 7.36. The summed E-state index contributed by atoms with van der Waals surface area (Å²) >= 11 is 0. The van der Waals surface area contributed by atoms with Crippen molar-refractivity contribution in [1.29, 1.82) is 0 Å². The minimum atomic E-state index is -1.07. The van der Waals surface area contributed by atoms with Gasteiger partial charge in [-0.05, 0) is 85.3 Å². The highest BCUT2D eigenvalue weighted by Gasteiger charge is 2.62. The number of carbonyl (C=O) groups excluding carboxylic acids is 1. The number of allylic oxidation sites excluding steroid dienone is 4. The van der Waals surface area contributed by atoms with Gasteiger partial charge in [0.1, 0.15) is 12.2 Å². The summed E-state index contributed by atoms with van der Waals surface area (Å²) in [7, 11) is 4.11. The minimum Gasteiger partial charge on any atom is -0.384 e. The van der Waals surface area contributed by atoms with Crippen molar-refractivity contribution in [1.82, 2.24) is 0 Å². The van der Waals surface area contributed by atoms with Gasteiger partial charge in [0.15, 0.2) is 5.78 Å². The van der Waals surface area contributed by atoms with Crippen LogP contribution in [-0.2, 0) is 4.79 Å². The molecule has 4 nitrogen and oxygen atoms in total. The van der Waals surface area contributed by atoms with E-state index in [9.17, 15) is 15.0 Å². The van der Waals surface area contributed by atoms with Crippen LogP contribution in [0.3, 0.4) is 0 Å². The Bertz CT molecular complexity index is 1090. The lowest BCUT2D eigenvalue weighted by Gasteiger charge is -2.53. The number of hydrogen-bond donors (Lipinski definition) is 2. The maximum absolute atomic E-state index is 12.2. The average molecular weight is 446 g/mol. The van der Waals surface area contributed by atoms with Gasteiger partial charge in [-0.1, -0.05) is 36.5 Å². The van der Waals surface area contributed by atoms with Gasteiger partial charge in [0.2, 0.25) is 0 Å².